The van der Waals surface area contributed by atoms with Crippen molar-refractivity contribution in [3.05, 3.63) is 24.3 Å². The molecule has 3 N–H and O–H groups in total. The van der Waals surface area contributed by atoms with Crippen LogP contribution in [-0.4, -0.2) is 36.2 Å². The van der Waals surface area contributed by atoms with Crippen LogP contribution in [0.2, 0.25) is 0 Å². The van der Waals surface area contributed by atoms with Crippen LogP contribution >= 0.6 is 0 Å². The number of ether oxygens (including phenoxy) is 1. The van der Waals surface area contributed by atoms with Crippen molar-refractivity contribution < 1.29 is 19.4 Å². The van der Waals surface area contributed by atoms with Gasteiger partial charge in [-0.3, -0.25) is 9.59 Å². The Hall–Kier alpha value is -2.08. The number of anilines is 1. The smallest absolute Gasteiger partial charge is 0.313 e. The Morgan fingerprint density at radius 2 is 1.90 bits per heavy atom. The Bertz CT molecular complexity index is 443. The summed E-state index contributed by atoms with van der Waals surface area (Å²) >= 11 is 0. The van der Waals surface area contributed by atoms with E-state index in [0.29, 0.717) is 18.0 Å². The van der Waals surface area contributed by atoms with Gasteiger partial charge in [0, 0.05) is 12.2 Å². The molecular weight excluding hydrogens is 260 g/mol. The van der Waals surface area contributed by atoms with Crippen LogP contribution in [0.1, 0.15) is 20.3 Å². The van der Waals surface area contributed by atoms with E-state index >= 15 is 0 Å². The van der Waals surface area contributed by atoms with Gasteiger partial charge in [-0.15, -0.1) is 0 Å². The van der Waals surface area contributed by atoms with Gasteiger partial charge in [0.2, 0.25) is 0 Å². The molecule has 0 aromatic heterocycles. The molecule has 0 aliphatic rings. The third kappa shape index (κ3) is 5.71. The number of nitrogens with one attached hydrogen (secondary N) is 2. The average molecular weight is 280 g/mol. The molecule has 0 spiro atoms. The zero-order valence-electron chi connectivity index (χ0n) is 11.7. The predicted molar refractivity (Wildman–Crippen MR) is 75.5 cm³/mol. The van der Waals surface area contributed by atoms with Gasteiger partial charge in [0.25, 0.3) is 0 Å². The maximum Gasteiger partial charge on any atom is 0.313 e. The number of carbonyl (C=O) groups excluding carboxylic acids is 2. The van der Waals surface area contributed by atoms with E-state index in [0.717, 1.165) is 6.42 Å². The van der Waals surface area contributed by atoms with Gasteiger partial charge in [0.15, 0.2) is 0 Å². The fourth-order valence-corrected chi connectivity index (χ4v) is 1.36. The summed E-state index contributed by atoms with van der Waals surface area (Å²) in [5.41, 5.74) is 0.506. The molecule has 0 radical (unpaired) electrons. The van der Waals surface area contributed by atoms with Crippen molar-refractivity contribution in [3.63, 3.8) is 0 Å². The summed E-state index contributed by atoms with van der Waals surface area (Å²) in [6.07, 6.45) is 0.226. The van der Waals surface area contributed by atoms with Crippen molar-refractivity contribution in [2.24, 2.45) is 0 Å². The van der Waals surface area contributed by atoms with E-state index in [9.17, 15) is 9.59 Å². The van der Waals surface area contributed by atoms with E-state index in [4.69, 9.17) is 9.84 Å². The van der Waals surface area contributed by atoms with Gasteiger partial charge < -0.3 is 20.5 Å². The highest BCUT2D eigenvalue weighted by atomic mass is 16.5. The molecule has 2 amide bonds. The minimum atomic E-state index is -0.780. The molecule has 1 aromatic carbocycles. The van der Waals surface area contributed by atoms with Crippen LogP contribution in [0.4, 0.5) is 5.69 Å². The van der Waals surface area contributed by atoms with Gasteiger partial charge >= 0.3 is 11.8 Å². The first-order valence-electron chi connectivity index (χ1n) is 6.53. The summed E-state index contributed by atoms with van der Waals surface area (Å²) in [4.78, 5) is 22.9. The molecule has 1 atom stereocenters. The molecule has 1 aromatic rings. The van der Waals surface area contributed by atoms with Crippen molar-refractivity contribution in [2.45, 2.75) is 26.4 Å². The topological polar surface area (TPSA) is 87.7 Å². The van der Waals surface area contributed by atoms with Crippen LogP contribution < -0.4 is 15.4 Å². The van der Waals surface area contributed by atoms with Crippen molar-refractivity contribution in [1.82, 2.24) is 5.32 Å². The predicted octanol–water partition coefficient (Wildman–Crippen LogP) is 0.911. The standard InChI is InChI=1S/C14H20N2O4/c1-3-8-20-12-6-4-11(5-7-12)16-14(19)13(18)15-9-10(2)17/h4-7,10,17H,3,8-9H2,1-2H3,(H,15,18)(H,16,19)/t10-/m0/s1. The van der Waals surface area contributed by atoms with Gasteiger partial charge in [0.1, 0.15) is 5.75 Å². The van der Waals surface area contributed by atoms with Gasteiger partial charge in [-0.25, -0.2) is 0 Å². The SMILES string of the molecule is CCCOc1ccc(NC(=O)C(=O)NC[C@H](C)O)cc1. The lowest BCUT2D eigenvalue weighted by Crippen LogP contribution is -2.38. The largest absolute Gasteiger partial charge is 0.494 e. The molecule has 20 heavy (non-hydrogen) atoms. The summed E-state index contributed by atoms with van der Waals surface area (Å²) in [6.45, 7) is 4.21. The Labute approximate surface area is 118 Å². The summed E-state index contributed by atoms with van der Waals surface area (Å²) in [5.74, 6) is -0.839. The molecule has 6 heteroatoms. The zero-order valence-corrected chi connectivity index (χ0v) is 11.7. The number of hydrogen-bond acceptors (Lipinski definition) is 4. The molecule has 0 bridgehead atoms. The number of amides is 2. The summed E-state index contributed by atoms with van der Waals surface area (Å²) in [5, 5.41) is 13.8. The van der Waals surface area contributed by atoms with E-state index in [2.05, 4.69) is 10.6 Å². The second-order valence-electron chi connectivity index (χ2n) is 4.39. The van der Waals surface area contributed by atoms with Crippen molar-refractivity contribution in [2.75, 3.05) is 18.5 Å². The summed E-state index contributed by atoms with van der Waals surface area (Å²) < 4.78 is 5.41. The van der Waals surface area contributed by atoms with E-state index in [1.165, 1.54) is 6.92 Å². The monoisotopic (exact) mass is 280 g/mol. The van der Waals surface area contributed by atoms with Crippen LogP contribution in [0.15, 0.2) is 24.3 Å². The molecular formula is C14H20N2O4. The van der Waals surface area contributed by atoms with Gasteiger partial charge in [0.05, 0.1) is 12.7 Å². The molecule has 0 saturated heterocycles. The molecule has 0 saturated carbocycles. The number of carbonyl (C=O) groups is 2. The molecule has 0 fully saturated rings. The number of benzene rings is 1. The Morgan fingerprint density at radius 3 is 2.45 bits per heavy atom. The fraction of sp³-hybridized carbons (Fsp3) is 0.429. The Balaban J connectivity index is 2.47. The van der Waals surface area contributed by atoms with Gasteiger partial charge in [-0.1, -0.05) is 6.92 Å². The first-order chi connectivity index (χ1) is 9.52. The minimum Gasteiger partial charge on any atom is -0.494 e. The van der Waals surface area contributed by atoms with Gasteiger partial charge in [-0.05, 0) is 37.6 Å². The lowest BCUT2D eigenvalue weighted by Gasteiger charge is -2.09. The second-order valence-corrected chi connectivity index (χ2v) is 4.39. The number of rotatable bonds is 6. The average Bonchev–Trinajstić information content (AvgIpc) is 2.43. The van der Waals surface area contributed by atoms with Gasteiger partial charge in [-0.2, -0.15) is 0 Å². The first-order valence-corrected chi connectivity index (χ1v) is 6.53. The molecule has 0 aliphatic heterocycles. The molecule has 0 unspecified atom stereocenters. The lowest BCUT2D eigenvalue weighted by molar-refractivity contribution is -0.136. The second kappa shape index (κ2) is 8.16. The quantitative estimate of drug-likeness (QED) is 0.676. The number of aliphatic hydroxyl groups is 1. The highest BCUT2D eigenvalue weighted by Gasteiger charge is 2.13. The van der Waals surface area contributed by atoms with Crippen molar-refractivity contribution >= 4 is 17.5 Å². The molecule has 110 valence electrons. The minimum absolute atomic E-state index is 0.0377. The van der Waals surface area contributed by atoms with E-state index in [-0.39, 0.29) is 6.54 Å². The van der Waals surface area contributed by atoms with Crippen LogP contribution in [0.5, 0.6) is 5.75 Å². The van der Waals surface area contributed by atoms with E-state index in [1.54, 1.807) is 24.3 Å². The third-order valence-electron chi connectivity index (χ3n) is 2.35. The lowest BCUT2D eigenvalue weighted by atomic mass is 10.3. The molecule has 0 aliphatic carbocycles. The number of hydrogen-bond donors (Lipinski definition) is 3. The molecule has 0 heterocycles. The first kappa shape index (κ1) is 16.0. The summed E-state index contributed by atoms with van der Waals surface area (Å²) in [6, 6.07) is 6.76. The molecule has 6 nitrogen and oxygen atoms in total. The van der Waals surface area contributed by atoms with Crippen LogP contribution in [0.3, 0.4) is 0 Å². The zero-order chi connectivity index (χ0) is 15.0. The number of aliphatic hydroxyl groups excluding tert-OH is 1. The Kier molecular flexibility index (Phi) is 6.52. The van der Waals surface area contributed by atoms with Crippen molar-refractivity contribution in [3.8, 4) is 5.75 Å². The third-order valence-corrected chi connectivity index (χ3v) is 2.35. The van der Waals surface area contributed by atoms with Crippen LogP contribution in [0.25, 0.3) is 0 Å². The van der Waals surface area contributed by atoms with E-state index < -0.39 is 17.9 Å². The summed E-state index contributed by atoms with van der Waals surface area (Å²) in [7, 11) is 0. The van der Waals surface area contributed by atoms with Crippen molar-refractivity contribution in [1.29, 1.82) is 0 Å². The highest BCUT2D eigenvalue weighted by molar-refractivity contribution is 6.39. The van der Waals surface area contributed by atoms with Crippen LogP contribution in [-0.2, 0) is 9.59 Å². The maximum absolute atomic E-state index is 11.5. The Morgan fingerprint density at radius 1 is 1.25 bits per heavy atom. The molecule has 1 rings (SSSR count). The van der Waals surface area contributed by atoms with E-state index in [1.807, 2.05) is 6.92 Å². The maximum atomic E-state index is 11.5. The normalized spacial score (nSPS) is 11.6. The fourth-order valence-electron chi connectivity index (χ4n) is 1.36. The van der Waals surface area contributed by atoms with Crippen LogP contribution in [0, 0.1) is 0 Å². The highest BCUT2D eigenvalue weighted by Crippen LogP contribution is 2.15.